The molecule has 0 spiro atoms. The minimum atomic E-state index is -0.590. The average Bonchev–Trinajstić information content (AvgIpc) is 2.64. The Kier molecular flexibility index (Phi) is 2.59. The lowest BCUT2D eigenvalue weighted by Gasteiger charge is -2.12. The van der Waals surface area contributed by atoms with Gasteiger partial charge in [-0.25, -0.2) is 0 Å². The molecule has 0 radical (unpaired) electrons. The fraction of sp³-hybridized carbons (Fsp3) is 0.625. The Labute approximate surface area is 80.5 Å². The highest BCUT2D eigenvalue weighted by Gasteiger charge is 2.29. The molecule has 1 aromatic rings. The zero-order valence-corrected chi connectivity index (χ0v) is 7.94. The molecule has 2 heterocycles. The summed E-state index contributed by atoms with van der Waals surface area (Å²) >= 11 is 1.60. The van der Waals surface area contributed by atoms with E-state index in [0.717, 1.165) is 6.54 Å². The van der Waals surface area contributed by atoms with Crippen LogP contribution in [-0.4, -0.2) is 45.4 Å². The number of hydrogen-bond acceptors (Lipinski definition) is 5. The van der Waals surface area contributed by atoms with E-state index in [1.807, 2.05) is 11.1 Å². The van der Waals surface area contributed by atoms with E-state index >= 15 is 0 Å². The van der Waals surface area contributed by atoms with Gasteiger partial charge in [-0.15, -0.1) is 11.3 Å². The van der Waals surface area contributed by atoms with Gasteiger partial charge in [-0.05, 0) is 0 Å². The van der Waals surface area contributed by atoms with Crippen LogP contribution in [0.15, 0.2) is 11.7 Å². The third kappa shape index (κ3) is 2.05. The number of nitrogens with zero attached hydrogens (tertiary/aromatic N) is 2. The molecule has 2 rings (SSSR count). The molecule has 2 N–H and O–H groups in total. The fourth-order valence-corrected chi connectivity index (χ4v) is 2.15. The lowest BCUT2D eigenvalue weighted by Crippen LogP contribution is -2.22. The van der Waals surface area contributed by atoms with Crippen LogP contribution >= 0.6 is 11.3 Å². The molecular weight excluding hydrogens is 188 g/mol. The van der Waals surface area contributed by atoms with Gasteiger partial charge in [-0.1, -0.05) is 0 Å². The summed E-state index contributed by atoms with van der Waals surface area (Å²) in [5.41, 5.74) is 1.79. The van der Waals surface area contributed by atoms with E-state index < -0.39 is 12.2 Å². The maximum atomic E-state index is 9.29. The normalized spacial score (nSPS) is 29.7. The van der Waals surface area contributed by atoms with Gasteiger partial charge in [-0.3, -0.25) is 9.88 Å². The van der Waals surface area contributed by atoms with Crippen molar-refractivity contribution >= 4 is 11.3 Å². The molecule has 5 heteroatoms. The fourth-order valence-electron chi connectivity index (χ4n) is 1.52. The van der Waals surface area contributed by atoms with Gasteiger partial charge in [0.15, 0.2) is 0 Å². The van der Waals surface area contributed by atoms with Gasteiger partial charge in [0.2, 0.25) is 0 Å². The molecule has 72 valence electrons. The number of rotatable bonds is 2. The third-order valence-corrected chi connectivity index (χ3v) is 2.96. The Bertz CT molecular complexity index is 255. The van der Waals surface area contributed by atoms with Gasteiger partial charge in [0, 0.05) is 30.7 Å². The van der Waals surface area contributed by atoms with Crippen molar-refractivity contribution in [1.82, 2.24) is 9.88 Å². The Morgan fingerprint density at radius 1 is 1.46 bits per heavy atom. The molecule has 1 saturated heterocycles. The second-order valence-electron chi connectivity index (χ2n) is 3.30. The number of thiazole rings is 1. The van der Waals surface area contributed by atoms with Crippen molar-refractivity contribution in [3.05, 3.63) is 16.6 Å². The van der Waals surface area contributed by atoms with Crippen LogP contribution in [0.25, 0.3) is 0 Å². The summed E-state index contributed by atoms with van der Waals surface area (Å²) in [4.78, 5) is 7.17. The molecule has 13 heavy (non-hydrogen) atoms. The van der Waals surface area contributed by atoms with Crippen molar-refractivity contribution in [2.75, 3.05) is 13.1 Å². The Morgan fingerprint density at radius 3 is 2.69 bits per heavy atom. The van der Waals surface area contributed by atoms with E-state index in [2.05, 4.69) is 4.98 Å². The molecular formula is C8H12N2O2S. The molecule has 1 aliphatic heterocycles. The molecule has 0 amide bonds. The standard InChI is InChI=1S/C8H12N2O2S/c11-7-3-10(4-8(7)12)2-6-1-9-5-13-6/h1,5,7-8,11-12H,2-4H2. The second kappa shape index (κ2) is 3.71. The van der Waals surface area contributed by atoms with E-state index in [9.17, 15) is 10.2 Å². The van der Waals surface area contributed by atoms with Gasteiger partial charge in [0.1, 0.15) is 0 Å². The van der Waals surface area contributed by atoms with Gasteiger partial charge < -0.3 is 10.2 Å². The number of aliphatic hydroxyl groups is 2. The maximum Gasteiger partial charge on any atom is 0.0938 e. The summed E-state index contributed by atoms with van der Waals surface area (Å²) in [5.74, 6) is 0. The van der Waals surface area contributed by atoms with E-state index in [4.69, 9.17) is 0 Å². The zero-order chi connectivity index (χ0) is 9.26. The van der Waals surface area contributed by atoms with Crippen LogP contribution in [0.1, 0.15) is 4.88 Å². The summed E-state index contributed by atoms with van der Waals surface area (Å²) in [6, 6.07) is 0. The molecule has 0 aliphatic carbocycles. The third-order valence-electron chi connectivity index (χ3n) is 2.20. The lowest BCUT2D eigenvalue weighted by atomic mass is 10.3. The van der Waals surface area contributed by atoms with Crippen LogP contribution in [0.4, 0.5) is 0 Å². The maximum absolute atomic E-state index is 9.29. The van der Waals surface area contributed by atoms with E-state index in [-0.39, 0.29) is 0 Å². The monoisotopic (exact) mass is 200 g/mol. The van der Waals surface area contributed by atoms with Gasteiger partial charge in [-0.2, -0.15) is 0 Å². The van der Waals surface area contributed by atoms with Crippen molar-refractivity contribution in [2.45, 2.75) is 18.8 Å². The summed E-state index contributed by atoms with van der Waals surface area (Å²) in [6.07, 6.45) is 0.641. The topological polar surface area (TPSA) is 56.6 Å². The highest BCUT2D eigenvalue weighted by atomic mass is 32.1. The number of hydrogen-bond donors (Lipinski definition) is 2. The predicted molar refractivity (Wildman–Crippen MR) is 49.4 cm³/mol. The quantitative estimate of drug-likeness (QED) is 0.687. The molecule has 4 nitrogen and oxygen atoms in total. The minimum absolute atomic E-state index is 0.555. The number of aliphatic hydroxyl groups excluding tert-OH is 2. The first-order valence-electron chi connectivity index (χ1n) is 4.21. The first-order valence-corrected chi connectivity index (χ1v) is 5.09. The molecule has 1 aromatic heterocycles. The van der Waals surface area contributed by atoms with Crippen LogP contribution in [0.3, 0.4) is 0 Å². The number of β-amino-alcohol motifs (C(OH)–C–C–N with tert-alkyl or cyclic N) is 2. The van der Waals surface area contributed by atoms with Crippen LogP contribution in [0, 0.1) is 0 Å². The summed E-state index contributed by atoms with van der Waals surface area (Å²) < 4.78 is 0. The first-order chi connectivity index (χ1) is 6.25. The highest BCUT2D eigenvalue weighted by Crippen LogP contribution is 2.15. The van der Waals surface area contributed by atoms with Crippen molar-refractivity contribution in [2.24, 2.45) is 0 Å². The van der Waals surface area contributed by atoms with Crippen molar-refractivity contribution < 1.29 is 10.2 Å². The number of aromatic nitrogens is 1. The summed E-state index contributed by atoms with van der Waals surface area (Å²) in [5, 5.41) is 18.6. The van der Waals surface area contributed by atoms with E-state index in [0.29, 0.717) is 13.1 Å². The molecule has 1 aliphatic rings. The van der Waals surface area contributed by atoms with Gasteiger partial charge in [0.05, 0.1) is 17.7 Å². The molecule has 0 saturated carbocycles. The van der Waals surface area contributed by atoms with Crippen LogP contribution in [-0.2, 0) is 6.54 Å². The number of likely N-dealkylation sites (tertiary alicyclic amines) is 1. The Hall–Kier alpha value is -0.490. The molecule has 0 bridgehead atoms. The highest BCUT2D eigenvalue weighted by molar-refractivity contribution is 7.09. The van der Waals surface area contributed by atoms with Crippen molar-refractivity contribution in [3.8, 4) is 0 Å². The molecule has 0 aromatic carbocycles. The Morgan fingerprint density at radius 2 is 2.15 bits per heavy atom. The largest absolute Gasteiger partial charge is 0.389 e. The SMILES string of the molecule is OC1CN(Cc2cncs2)CC1O. The van der Waals surface area contributed by atoms with Crippen LogP contribution < -0.4 is 0 Å². The average molecular weight is 200 g/mol. The van der Waals surface area contributed by atoms with Crippen LogP contribution in [0.2, 0.25) is 0 Å². The smallest absolute Gasteiger partial charge is 0.0938 e. The van der Waals surface area contributed by atoms with Crippen molar-refractivity contribution in [3.63, 3.8) is 0 Å². The van der Waals surface area contributed by atoms with E-state index in [1.165, 1.54) is 4.88 Å². The minimum Gasteiger partial charge on any atom is -0.389 e. The summed E-state index contributed by atoms with van der Waals surface area (Å²) in [7, 11) is 0. The van der Waals surface area contributed by atoms with Gasteiger partial charge in [0.25, 0.3) is 0 Å². The first kappa shape index (κ1) is 9.08. The van der Waals surface area contributed by atoms with E-state index in [1.54, 1.807) is 16.8 Å². The zero-order valence-electron chi connectivity index (χ0n) is 7.13. The summed E-state index contributed by atoms with van der Waals surface area (Å²) in [6.45, 7) is 1.89. The molecule has 2 atom stereocenters. The molecule has 2 unspecified atom stereocenters. The van der Waals surface area contributed by atoms with Gasteiger partial charge >= 0.3 is 0 Å². The second-order valence-corrected chi connectivity index (χ2v) is 4.27. The van der Waals surface area contributed by atoms with Crippen molar-refractivity contribution in [1.29, 1.82) is 0 Å². The molecule has 1 fully saturated rings. The predicted octanol–water partition coefficient (Wildman–Crippen LogP) is -0.320. The Balaban J connectivity index is 1.91. The lowest BCUT2D eigenvalue weighted by molar-refractivity contribution is 0.0572. The van der Waals surface area contributed by atoms with Crippen LogP contribution in [0.5, 0.6) is 0 Å².